The lowest BCUT2D eigenvalue weighted by Crippen LogP contribution is -2.45. The molecule has 0 radical (unpaired) electrons. The van der Waals surface area contributed by atoms with Gasteiger partial charge in [-0.3, -0.25) is 4.79 Å². The van der Waals surface area contributed by atoms with Crippen molar-refractivity contribution in [1.82, 2.24) is 0 Å². The van der Waals surface area contributed by atoms with Crippen LogP contribution in [-0.4, -0.2) is 32.2 Å². The Hall–Kier alpha value is -0.650. The number of carbonyl (C=O) groups excluding carboxylic acids is 1. The third kappa shape index (κ3) is 1.43. The molecule has 0 spiro atoms. The molecular weight excluding hydrogens is 162 g/mol. The van der Waals surface area contributed by atoms with Gasteiger partial charge in [0.1, 0.15) is 0 Å². The van der Waals surface area contributed by atoms with Crippen molar-refractivity contribution in [1.29, 1.82) is 0 Å². The van der Waals surface area contributed by atoms with Gasteiger partial charge in [-0.25, -0.2) is 0 Å². The number of nitrogens with two attached hydrogens (primary N) is 1. The van der Waals surface area contributed by atoms with E-state index in [4.69, 9.17) is 19.9 Å². The van der Waals surface area contributed by atoms with E-state index in [1.807, 2.05) is 0 Å². The van der Waals surface area contributed by atoms with Crippen molar-refractivity contribution in [3.8, 4) is 0 Å². The fourth-order valence-corrected chi connectivity index (χ4v) is 1.24. The molecular formula is C7H13NO4. The summed E-state index contributed by atoms with van der Waals surface area (Å²) in [6.07, 6.45) is 0.669. The molecule has 5 heteroatoms. The van der Waals surface area contributed by atoms with Gasteiger partial charge in [-0.15, -0.1) is 0 Å². The van der Waals surface area contributed by atoms with Crippen molar-refractivity contribution in [3.05, 3.63) is 0 Å². The molecule has 1 saturated heterocycles. The van der Waals surface area contributed by atoms with Gasteiger partial charge in [0.05, 0.1) is 0 Å². The van der Waals surface area contributed by atoms with Gasteiger partial charge in [-0.1, -0.05) is 0 Å². The van der Waals surface area contributed by atoms with Crippen LogP contribution in [0.15, 0.2) is 0 Å². The lowest BCUT2D eigenvalue weighted by atomic mass is 10.2. The number of methoxy groups -OCH3 is 2. The van der Waals surface area contributed by atoms with Crippen LogP contribution in [0.5, 0.6) is 0 Å². The molecule has 5 nitrogen and oxygen atoms in total. The van der Waals surface area contributed by atoms with Crippen LogP contribution in [0.2, 0.25) is 0 Å². The van der Waals surface area contributed by atoms with E-state index in [0.717, 1.165) is 0 Å². The van der Waals surface area contributed by atoms with Crippen molar-refractivity contribution in [2.24, 2.45) is 5.73 Å². The molecule has 1 heterocycles. The van der Waals surface area contributed by atoms with E-state index in [9.17, 15) is 4.79 Å². The first-order valence-corrected chi connectivity index (χ1v) is 3.70. The third-order valence-corrected chi connectivity index (χ3v) is 2.00. The molecule has 2 unspecified atom stereocenters. The molecule has 1 fully saturated rings. The Morgan fingerprint density at radius 3 is 2.58 bits per heavy atom. The Balaban J connectivity index is 2.66. The van der Waals surface area contributed by atoms with Crippen LogP contribution >= 0.6 is 0 Å². The monoisotopic (exact) mass is 175 g/mol. The van der Waals surface area contributed by atoms with E-state index in [2.05, 4.69) is 0 Å². The molecule has 1 amide bonds. The average Bonchev–Trinajstić information content (AvgIpc) is 2.48. The molecule has 1 aliphatic heterocycles. The zero-order valence-electron chi connectivity index (χ0n) is 7.20. The number of ether oxygens (including phenoxy) is 3. The van der Waals surface area contributed by atoms with Crippen LogP contribution in [0.1, 0.15) is 12.8 Å². The standard InChI is InChI=1S/C7H13NO4/c1-10-5-3-4-7(11-2,12-5)6(8)9/h5H,3-4H2,1-2H3,(H2,8,9). The minimum absolute atomic E-state index is 0.391. The summed E-state index contributed by atoms with van der Waals surface area (Å²) in [6.45, 7) is 0. The molecule has 1 aliphatic rings. The second-order valence-corrected chi connectivity index (χ2v) is 2.64. The zero-order valence-corrected chi connectivity index (χ0v) is 7.20. The van der Waals surface area contributed by atoms with Crippen LogP contribution < -0.4 is 5.73 Å². The summed E-state index contributed by atoms with van der Waals surface area (Å²) in [4.78, 5) is 10.9. The quantitative estimate of drug-likeness (QED) is 0.633. The van der Waals surface area contributed by atoms with Gasteiger partial charge in [0.25, 0.3) is 11.7 Å². The smallest absolute Gasteiger partial charge is 0.277 e. The molecule has 0 bridgehead atoms. The molecule has 1 rings (SSSR count). The van der Waals surface area contributed by atoms with E-state index in [1.165, 1.54) is 14.2 Å². The molecule has 0 aliphatic carbocycles. The summed E-state index contributed by atoms with van der Waals surface area (Å²) in [5.74, 6) is -1.88. The predicted molar refractivity (Wildman–Crippen MR) is 40.1 cm³/mol. The van der Waals surface area contributed by atoms with Crippen molar-refractivity contribution in [2.75, 3.05) is 14.2 Å². The van der Waals surface area contributed by atoms with Crippen LogP contribution in [0, 0.1) is 0 Å². The van der Waals surface area contributed by atoms with Gasteiger partial charge >= 0.3 is 0 Å². The minimum Gasteiger partial charge on any atom is -0.365 e. The number of hydrogen-bond donors (Lipinski definition) is 1. The van der Waals surface area contributed by atoms with Crippen molar-refractivity contribution in [2.45, 2.75) is 24.9 Å². The second-order valence-electron chi connectivity index (χ2n) is 2.64. The van der Waals surface area contributed by atoms with Gasteiger partial charge in [0.15, 0.2) is 6.29 Å². The summed E-state index contributed by atoms with van der Waals surface area (Å²) < 4.78 is 15.0. The normalized spacial score (nSPS) is 35.3. The molecule has 0 saturated carbocycles. The molecule has 2 N–H and O–H groups in total. The second kappa shape index (κ2) is 3.38. The number of amides is 1. The number of rotatable bonds is 3. The highest BCUT2D eigenvalue weighted by Gasteiger charge is 2.46. The number of hydrogen-bond acceptors (Lipinski definition) is 4. The van der Waals surface area contributed by atoms with Gasteiger partial charge in [-0.05, 0) is 0 Å². The van der Waals surface area contributed by atoms with Gasteiger partial charge in [0.2, 0.25) is 0 Å². The highest BCUT2D eigenvalue weighted by molar-refractivity contribution is 5.82. The summed E-state index contributed by atoms with van der Waals surface area (Å²) in [5.41, 5.74) is 5.12. The van der Waals surface area contributed by atoms with Crippen LogP contribution in [0.25, 0.3) is 0 Å². The Labute approximate surface area is 70.8 Å². The summed E-state index contributed by atoms with van der Waals surface area (Å²) >= 11 is 0. The zero-order chi connectivity index (χ0) is 9.19. The number of carbonyl (C=O) groups is 1. The molecule has 2 atom stereocenters. The molecule has 0 aromatic carbocycles. The highest BCUT2D eigenvalue weighted by atomic mass is 16.8. The lowest BCUT2D eigenvalue weighted by Gasteiger charge is -2.23. The minimum atomic E-state index is -1.28. The lowest BCUT2D eigenvalue weighted by molar-refractivity contribution is -0.245. The van der Waals surface area contributed by atoms with E-state index in [1.54, 1.807) is 0 Å². The summed E-state index contributed by atoms with van der Waals surface area (Å²) in [6, 6.07) is 0. The van der Waals surface area contributed by atoms with Gasteiger partial charge in [-0.2, -0.15) is 0 Å². The Morgan fingerprint density at radius 2 is 2.33 bits per heavy atom. The highest BCUT2D eigenvalue weighted by Crippen LogP contribution is 2.30. The van der Waals surface area contributed by atoms with Crippen LogP contribution in [0.3, 0.4) is 0 Å². The number of primary amides is 1. The largest absolute Gasteiger partial charge is 0.365 e. The van der Waals surface area contributed by atoms with E-state index in [-0.39, 0.29) is 0 Å². The van der Waals surface area contributed by atoms with Crippen molar-refractivity contribution >= 4 is 5.91 Å². The first kappa shape index (κ1) is 9.44. The first-order valence-electron chi connectivity index (χ1n) is 3.70. The predicted octanol–water partition coefficient (Wildman–Crippen LogP) is -0.403. The van der Waals surface area contributed by atoms with E-state index in [0.29, 0.717) is 12.8 Å². The Kier molecular flexibility index (Phi) is 2.66. The summed E-state index contributed by atoms with van der Waals surface area (Å²) in [7, 11) is 2.90. The fourth-order valence-electron chi connectivity index (χ4n) is 1.24. The van der Waals surface area contributed by atoms with Crippen LogP contribution in [0.4, 0.5) is 0 Å². The van der Waals surface area contributed by atoms with Gasteiger partial charge < -0.3 is 19.9 Å². The summed E-state index contributed by atoms with van der Waals surface area (Å²) in [5, 5.41) is 0. The fraction of sp³-hybridized carbons (Fsp3) is 0.857. The molecule has 0 aromatic rings. The SMILES string of the molecule is COC1CCC(OC)(C(N)=O)O1. The Morgan fingerprint density at radius 1 is 1.67 bits per heavy atom. The maximum atomic E-state index is 10.9. The molecule has 70 valence electrons. The average molecular weight is 175 g/mol. The topological polar surface area (TPSA) is 70.8 Å². The van der Waals surface area contributed by atoms with Crippen molar-refractivity contribution < 1.29 is 19.0 Å². The third-order valence-electron chi connectivity index (χ3n) is 2.00. The maximum absolute atomic E-state index is 10.9. The van der Waals surface area contributed by atoms with Crippen molar-refractivity contribution in [3.63, 3.8) is 0 Å². The van der Waals surface area contributed by atoms with Gasteiger partial charge in [0, 0.05) is 27.1 Å². The molecule has 0 aromatic heterocycles. The first-order chi connectivity index (χ1) is 5.64. The van der Waals surface area contributed by atoms with E-state index >= 15 is 0 Å². The maximum Gasteiger partial charge on any atom is 0.277 e. The Bertz CT molecular complexity index is 184. The molecule has 12 heavy (non-hydrogen) atoms. The van der Waals surface area contributed by atoms with E-state index < -0.39 is 18.0 Å². The van der Waals surface area contributed by atoms with Crippen LogP contribution in [-0.2, 0) is 19.0 Å².